The minimum atomic E-state index is -7.83. The zero-order chi connectivity index (χ0) is 27.2. The molecule has 0 unspecified atom stereocenters. The van der Waals surface area contributed by atoms with Gasteiger partial charge in [0.25, 0.3) is 0 Å². The second-order valence-corrected chi connectivity index (χ2v) is 8.19. The minimum Gasteiger partial charge on any atom is -0.205 e. The molecule has 0 aliphatic heterocycles. The highest BCUT2D eigenvalue weighted by Gasteiger charge is 2.90. The van der Waals surface area contributed by atoms with Crippen LogP contribution in [0.3, 0.4) is 0 Å². The molecule has 0 atom stereocenters. The maximum Gasteiger partial charge on any atom is 0.460 e. The molecule has 1 aromatic rings. The summed E-state index contributed by atoms with van der Waals surface area (Å²) in [6.45, 7) is 0.780. The van der Waals surface area contributed by atoms with E-state index in [1.807, 2.05) is 35.2 Å². The third-order valence-electron chi connectivity index (χ3n) is 5.43. The molecule has 204 valence electrons. The van der Waals surface area contributed by atoms with Crippen molar-refractivity contribution in [2.24, 2.45) is 0 Å². The van der Waals surface area contributed by atoms with Crippen molar-refractivity contribution in [3.63, 3.8) is 0 Å². The molecule has 0 spiro atoms. The topological polar surface area (TPSA) is 3.88 Å². The summed E-state index contributed by atoms with van der Waals surface area (Å²) in [5.41, 5.74) is 0. The van der Waals surface area contributed by atoms with Crippen LogP contribution in [0.2, 0.25) is 0 Å². The molecule has 1 nitrogen and oxygen atoms in total. The van der Waals surface area contributed by atoms with Crippen molar-refractivity contribution >= 4 is 0 Å². The van der Waals surface area contributed by atoms with Gasteiger partial charge in [0.05, 0.1) is 0 Å². The number of halogens is 13. The molecule has 35 heavy (non-hydrogen) atoms. The SMILES string of the molecule is FC(F)(F)C(F)(F)C(F)(F)C(F)(F)C(F)(F)C(F)(F)CCCCCCCCCC[n+]1ccccc1. The number of aryl methyl sites for hydroxylation is 1. The Labute approximate surface area is 193 Å². The summed E-state index contributed by atoms with van der Waals surface area (Å²) in [6.07, 6.45) is -2.92. The Balaban J connectivity index is 2.49. The highest BCUT2D eigenvalue weighted by Crippen LogP contribution is 2.60. The lowest BCUT2D eigenvalue weighted by molar-refractivity contribution is -0.697. The Morgan fingerprint density at radius 1 is 0.429 bits per heavy atom. The van der Waals surface area contributed by atoms with Gasteiger partial charge < -0.3 is 0 Å². The molecule has 14 heteroatoms. The maximum atomic E-state index is 13.7. The van der Waals surface area contributed by atoms with Crippen molar-refractivity contribution < 1.29 is 61.6 Å². The maximum absolute atomic E-state index is 13.7. The van der Waals surface area contributed by atoms with E-state index in [2.05, 4.69) is 0 Å². The van der Waals surface area contributed by atoms with Gasteiger partial charge in [-0.15, -0.1) is 0 Å². The molecule has 0 N–H and O–H groups in total. The fourth-order valence-corrected chi connectivity index (χ4v) is 3.24. The molecular weight excluding hydrogens is 513 g/mol. The van der Waals surface area contributed by atoms with E-state index in [9.17, 15) is 57.1 Å². The van der Waals surface area contributed by atoms with Crippen LogP contribution in [0.25, 0.3) is 0 Å². The number of nitrogens with zero attached hydrogens (tertiary/aromatic N) is 1. The highest BCUT2D eigenvalue weighted by molar-refractivity contribution is 5.10. The number of unbranched alkanes of at least 4 members (excludes halogenated alkanes) is 7. The van der Waals surface area contributed by atoms with E-state index in [1.165, 1.54) is 0 Å². The molecule has 0 saturated carbocycles. The van der Waals surface area contributed by atoms with Crippen LogP contribution in [0.1, 0.15) is 57.8 Å². The van der Waals surface area contributed by atoms with E-state index in [0.29, 0.717) is 12.8 Å². The molecule has 0 saturated heterocycles. The van der Waals surface area contributed by atoms with Crippen molar-refractivity contribution in [2.75, 3.05) is 0 Å². The lowest BCUT2D eigenvalue weighted by Crippen LogP contribution is -2.70. The van der Waals surface area contributed by atoms with Gasteiger partial charge in [0.15, 0.2) is 12.4 Å². The molecular formula is C21H25F13N+. The average Bonchev–Trinajstić information content (AvgIpc) is 2.74. The molecule has 1 aromatic heterocycles. The molecule has 1 rings (SSSR count). The van der Waals surface area contributed by atoms with Gasteiger partial charge in [0.1, 0.15) is 6.54 Å². The van der Waals surface area contributed by atoms with Gasteiger partial charge in [-0.1, -0.05) is 38.2 Å². The summed E-state index contributed by atoms with van der Waals surface area (Å²) in [5, 5.41) is 0. The van der Waals surface area contributed by atoms with Gasteiger partial charge in [-0.2, -0.15) is 57.1 Å². The molecule has 0 bridgehead atoms. The monoisotopic (exact) mass is 538 g/mol. The first kappa shape index (κ1) is 31.3. The van der Waals surface area contributed by atoms with E-state index < -0.39 is 48.6 Å². The van der Waals surface area contributed by atoms with E-state index in [-0.39, 0.29) is 12.8 Å². The Hall–Kier alpha value is -1.76. The Morgan fingerprint density at radius 3 is 1.29 bits per heavy atom. The van der Waals surface area contributed by atoms with Gasteiger partial charge in [-0.25, -0.2) is 4.57 Å². The number of alkyl halides is 13. The summed E-state index contributed by atoms with van der Waals surface area (Å²) in [6, 6.07) is 5.59. The third-order valence-corrected chi connectivity index (χ3v) is 5.43. The average molecular weight is 538 g/mol. The molecule has 0 aromatic carbocycles. The van der Waals surface area contributed by atoms with Gasteiger partial charge in [0.2, 0.25) is 0 Å². The minimum absolute atomic E-state index is 0.188. The van der Waals surface area contributed by atoms with E-state index in [1.54, 1.807) is 0 Å². The lowest BCUT2D eigenvalue weighted by atomic mass is 9.91. The standard InChI is InChI=1S/C21H25F13N/c22-16(23,17(24,25)18(26,27)19(28,29)20(30,31)21(32,33)34)12-8-5-3-1-2-4-6-9-13-35-14-10-7-11-15-35/h7,10-11,14-15H,1-6,8-9,12-13H2/q+1. The molecule has 0 amide bonds. The molecule has 1 heterocycles. The Kier molecular flexibility index (Phi) is 10.3. The van der Waals surface area contributed by atoms with Crippen molar-refractivity contribution in [2.45, 2.75) is 100 Å². The number of rotatable bonds is 15. The predicted molar refractivity (Wildman–Crippen MR) is 99.0 cm³/mol. The van der Waals surface area contributed by atoms with Gasteiger partial charge in [-0.05, 0) is 12.8 Å². The van der Waals surface area contributed by atoms with Crippen molar-refractivity contribution in [3.8, 4) is 0 Å². The smallest absolute Gasteiger partial charge is 0.205 e. The van der Waals surface area contributed by atoms with Crippen LogP contribution >= 0.6 is 0 Å². The van der Waals surface area contributed by atoms with E-state index >= 15 is 0 Å². The summed E-state index contributed by atoms with van der Waals surface area (Å²) < 4.78 is 171. The van der Waals surface area contributed by atoms with Crippen LogP contribution < -0.4 is 4.57 Å². The summed E-state index contributed by atoms with van der Waals surface area (Å²) in [7, 11) is 0. The van der Waals surface area contributed by atoms with Crippen molar-refractivity contribution in [1.82, 2.24) is 0 Å². The molecule has 0 fully saturated rings. The van der Waals surface area contributed by atoms with Crippen LogP contribution in [0.15, 0.2) is 30.6 Å². The van der Waals surface area contributed by atoms with Crippen molar-refractivity contribution in [3.05, 3.63) is 30.6 Å². The third kappa shape index (κ3) is 6.93. The Morgan fingerprint density at radius 2 is 0.829 bits per heavy atom. The highest BCUT2D eigenvalue weighted by atomic mass is 19.4. The number of hydrogen-bond donors (Lipinski definition) is 0. The number of aromatic nitrogens is 1. The van der Waals surface area contributed by atoms with Crippen LogP contribution in [0.4, 0.5) is 57.1 Å². The number of pyridine rings is 1. The quantitative estimate of drug-likeness (QED) is 0.120. The van der Waals surface area contributed by atoms with Crippen LogP contribution in [-0.2, 0) is 6.54 Å². The molecule has 0 aliphatic carbocycles. The van der Waals surface area contributed by atoms with Crippen LogP contribution in [-0.4, -0.2) is 35.8 Å². The summed E-state index contributed by atoms with van der Waals surface area (Å²) >= 11 is 0. The van der Waals surface area contributed by atoms with E-state index in [4.69, 9.17) is 0 Å². The second kappa shape index (κ2) is 11.5. The fraction of sp³-hybridized carbons (Fsp3) is 0.762. The van der Waals surface area contributed by atoms with Gasteiger partial charge in [0, 0.05) is 25.0 Å². The Bertz CT molecular complexity index is 760. The predicted octanol–water partition coefficient (Wildman–Crippen LogP) is 8.22. The summed E-state index contributed by atoms with van der Waals surface area (Å²) in [4.78, 5) is 0. The van der Waals surface area contributed by atoms with Gasteiger partial charge >= 0.3 is 35.8 Å². The summed E-state index contributed by atoms with van der Waals surface area (Å²) in [5.74, 6) is -36.3. The fourth-order valence-electron chi connectivity index (χ4n) is 3.24. The van der Waals surface area contributed by atoms with Gasteiger partial charge in [-0.3, -0.25) is 0 Å². The first-order valence-electron chi connectivity index (χ1n) is 10.7. The van der Waals surface area contributed by atoms with Crippen molar-refractivity contribution in [1.29, 1.82) is 0 Å². The number of hydrogen-bond acceptors (Lipinski definition) is 0. The van der Waals surface area contributed by atoms with Crippen LogP contribution in [0.5, 0.6) is 0 Å². The van der Waals surface area contributed by atoms with Crippen LogP contribution in [0, 0.1) is 0 Å². The first-order chi connectivity index (χ1) is 15.8. The molecule has 0 aliphatic rings. The normalized spacial score (nSPS) is 14.4. The zero-order valence-corrected chi connectivity index (χ0v) is 18.3. The van der Waals surface area contributed by atoms with E-state index in [0.717, 1.165) is 25.8 Å². The second-order valence-electron chi connectivity index (χ2n) is 8.19. The lowest BCUT2D eigenvalue weighted by Gasteiger charge is -2.39. The largest absolute Gasteiger partial charge is 0.460 e. The molecule has 0 radical (unpaired) electrons. The zero-order valence-electron chi connectivity index (χ0n) is 18.3. The first-order valence-corrected chi connectivity index (χ1v) is 10.7.